The van der Waals surface area contributed by atoms with Crippen LogP contribution in [0.4, 0.5) is 77.5 Å². The van der Waals surface area contributed by atoms with Gasteiger partial charge in [-0.3, -0.25) is 19.4 Å². The average molecular weight is 1360 g/mol. The number of hydrogen-bond acceptors (Lipinski definition) is 28. The minimum atomic E-state index is -4.81. The van der Waals surface area contributed by atoms with Gasteiger partial charge in [0, 0.05) is 83.6 Å². The predicted octanol–water partition coefficient (Wildman–Crippen LogP) is 7.97. The summed E-state index contributed by atoms with van der Waals surface area (Å²) in [7, 11) is 0. The number of rotatable bonds is 21. The van der Waals surface area contributed by atoms with Crippen LogP contribution >= 0.6 is 34.0 Å². The van der Waals surface area contributed by atoms with E-state index in [-0.39, 0.29) is 54.0 Å². The zero-order valence-electron chi connectivity index (χ0n) is 48.9. The van der Waals surface area contributed by atoms with Crippen LogP contribution in [0.25, 0.3) is 0 Å². The van der Waals surface area contributed by atoms with Crippen molar-refractivity contribution in [2.24, 2.45) is 0 Å². The van der Waals surface area contributed by atoms with E-state index in [1.54, 1.807) is 30.3 Å². The third-order valence-corrected chi connectivity index (χ3v) is 17.7. The number of nitrogens with zero attached hydrogens (tertiary/aromatic N) is 17. The van der Waals surface area contributed by atoms with Crippen molar-refractivity contribution in [1.82, 2.24) is 71.0 Å². The van der Waals surface area contributed by atoms with Crippen LogP contribution < -0.4 is 45.9 Å². The average Bonchev–Trinajstić information content (AvgIpc) is 1.81. The van der Waals surface area contributed by atoms with E-state index >= 15 is 0 Å². The number of Topliss-reactive ketones (excluding diaryl/α,β-unsaturated/α-hetero) is 2. The Labute approximate surface area is 535 Å². The van der Waals surface area contributed by atoms with Crippen molar-refractivity contribution in [1.29, 1.82) is 0 Å². The van der Waals surface area contributed by atoms with E-state index in [0.717, 1.165) is 63.4 Å². The Balaban J connectivity index is 0.000000150. The highest BCUT2D eigenvalue weighted by molar-refractivity contribution is 7.18. The van der Waals surface area contributed by atoms with E-state index in [2.05, 4.69) is 91.5 Å². The summed E-state index contributed by atoms with van der Waals surface area (Å²) in [5.41, 5.74) is 6.42. The Morgan fingerprint density at radius 2 is 0.849 bits per heavy atom. The molecule has 492 valence electrons. The predicted molar refractivity (Wildman–Crippen MR) is 324 cm³/mol. The Bertz CT molecular complexity index is 3580. The van der Waals surface area contributed by atoms with Gasteiger partial charge in [-0.2, -0.15) is 13.2 Å². The highest BCUT2D eigenvalue weighted by Crippen LogP contribution is 2.36. The number of carbonyl (C=O) groups is 2. The zero-order chi connectivity index (χ0) is 65.2. The molecule has 0 amide bonds. The number of alkyl halides is 6. The van der Waals surface area contributed by atoms with Gasteiger partial charge in [-0.05, 0) is 104 Å². The molecule has 0 aliphatic carbocycles. The van der Waals surface area contributed by atoms with Crippen molar-refractivity contribution in [3.05, 3.63) is 124 Å². The number of hydrogen-bond donors (Lipinski definition) is 4. The molecule has 5 aliphatic rings. The van der Waals surface area contributed by atoms with Crippen LogP contribution in [0.15, 0.2) is 84.9 Å². The molecule has 25 nitrogen and oxygen atoms in total. The molecule has 5 aliphatic heterocycles. The number of nitrogens with one attached hydrogen (secondary N) is 3. The number of anilines is 7. The monoisotopic (exact) mass is 1360 g/mol. The highest BCUT2D eigenvalue weighted by atomic mass is 32.1. The molecular formula is C56H58F9N21O4S3. The number of carbonyl (C=O) groups excluding carboxylic acids is 2. The van der Waals surface area contributed by atoms with Crippen LogP contribution in [0.1, 0.15) is 65.3 Å². The number of likely N-dealkylation sites (tertiary alicyclic amines) is 2. The van der Waals surface area contributed by atoms with Gasteiger partial charge in [-0.25, -0.2) is 0 Å². The van der Waals surface area contributed by atoms with Gasteiger partial charge in [0.05, 0.1) is 24.9 Å². The van der Waals surface area contributed by atoms with Crippen molar-refractivity contribution < 1.29 is 58.6 Å². The largest absolute Gasteiger partial charge is 0.573 e. The van der Waals surface area contributed by atoms with Gasteiger partial charge in [0.2, 0.25) is 38.4 Å². The van der Waals surface area contributed by atoms with E-state index in [1.165, 1.54) is 88.6 Å². The van der Waals surface area contributed by atoms with Gasteiger partial charge in [-0.1, -0.05) is 58.3 Å². The van der Waals surface area contributed by atoms with Crippen molar-refractivity contribution in [3.63, 3.8) is 0 Å². The molecular weight excluding hydrogens is 1300 g/mol. The first kappa shape index (κ1) is 65.7. The summed E-state index contributed by atoms with van der Waals surface area (Å²) in [6, 6.07) is 18.8. The van der Waals surface area contributed by atoms with Gasteiger partial charge in [0.1, 0.15) is 21.5 Å². The quantitative estimate of drug-likeness (QED) is 0.0496. The summed E-state index contributed by atoms with van der Waals surface area (Å²) in [6.07, 6.45) is -5.23. The lowest BCUT2D eigenvalue weighted by atomic mass is 9.96. The number of halogens is 9. The molecule has 8 aromatic rings. The van der Waals surface area contributed by atoms with Crippen molar-refractivity contribution in [2.75, 3.05) is 102 Å². The normalized spacial score (nSPS) is 18.9. The van der Waals surface area contributed by atoms with E-state index in [0.29, 0.717) is 93.3 Å². The maximum atomic E-state index is 13.3. The van der Waals surface area contributed by atoms with Crippen LogP contribution in [-0.2, 0) is 22.4 Å². The fraction of sp³-hybridized carbons (Fsp3) is 0.429. The third kappa shape index (κ3) is 18.3. The third-order valence-electron chi connectivity index (χ3n) is 15.3. The van der Waals surface area contributed by atoms with E-state index in [4.69, 9.17) is 5.73 Å². The number of benzene rings is 2. The summed E-state index contributed by atoms with van der Waals surface area (Å²) >= 11 is 3.85. The minimum absolute atomic E-state index is 0.00678. The minimum Gasteiger partial charge on any atom is -0.406 e. The van der Waals surface area contributed by atoms with E-state index in [9.17, 15) is 49.1 Å². The van der Waals surface area contributed by atoms with Crippen LogP contribution in [0, 0.1) is 17.8 Å². The second kappa shape index (κ2) is 29.4. The molecule has 93 heavy (non-hydrogen) atoms. The second-order valence-electron chi connectivity index (χ2n) is 21.9. The summed E-state index contributed by atoms with van der Waals surface area (Å²) in [5, 5.41) is 59.4. The van der Waals surface area contributed by atoms with Crippen molar-refractivity contribution >= 4 is 83.6 Å². The topological polar surface area (TPSA) is 286 Å². The molecule has 5 N–H and O–H groups in total. The number of nitrogens with two attached hydrogens (primary N) is 1. The fourth-order valence-electron chi connectivity index (χ4n) is 10.9. The molecule has 0 saturated carbocycles. The SMILES string of the molecule is Nc1nnc(N[C@@H]2CCN(c3ccc(F)nn3)C2)s1.O=C(Cc1nnc(N[C@@H]2CCN(c3ccc(F)nn3)C2)s1)[C@@H](c1cccc(OC(F)(F)F)c1)N1CCC1.O=C(Cc1nnc(N[C@@H]2CCN(c3ccc(F)nn3)C2)s1)[C@H](c1cccc(OC(F)(F)F)c1)N1CCC1. The van der Waals surface area contributed by atoms with Crippen LogP contribution in [-0.4, -0.2) is 179 Å². The standard InChI is InChI=1S/2C23H23F4N7O2S.C10H12FN7S/c2*24-18-5-6-19(30-29-18)34-10-7-15(13-34)28-22-32-31-20(37-22)12-17(35)21(33-8-2-9-33)14-3-1-4-16(11-14)36-23(25,26)27;11-7-1-2-8(15-14-7)18-4-3-6(5-18)13-10-17-16-9(12)19-10/h2*1,3-6,11,15,21H,2,7-10,12-13H2,(H,28,32);1-2,6H,3-5H2,(H2,12,16)(H,13,17)/t15-,21+;15-,21-;6-/m111/s1. The van der Waals surface area contributed by atoms with Crippen LogP contribution in [0.3, 0.4) is 0 Å². The lowest BCUT2D eigenvalue weighted by molar-refractivity contribution is -0.275. The smallest absolute Gasteiger partial charge is 0.406 e. The first-order valence-electron chi connectivity index (χ1n) is 29.2. The fourth-order valence-corrected chi connectivity index (χ4v) is 13.2. The first-order chi connectivity index (χ1) is 44.7. The lowest BCUT2D eigenvalue weighted by Crippen LogP contribution is -2.44. The molecule has 6 aromatic heterocycles. The number of ether oxygens (including phenoxy) is 2. The summed E-state index contributed by atoms with van der Waals surface area (Å²) in [4.78, 5) is 36.5. The Morgan fingerprint density at radius 3 is 1.16 bits per heavy atom. The summed E-state index contributed by atoms with van der Waals surface area (Å²) in [6.45, 7) is 7.02. The summed E-state index contributed by atoms with van der Waals surface area (Å²) in [5.74, 6) is -1.02. The number of aromatic nitrogens is 12. The molecule has 11 heterocycles. The van der Waals surface area contributed by atoms with E-state index in [1.807, 2.05) is 19.6 Å². The Morgan fingerprint density at radius 1 is 0.484 bits per heavy atom. The zero-order valence-corrected chi connectivity index (χ0v) is 51.4. The maximum absolute atomic E-state index is 13.3. The molecule has 5 saturated heterocycles. The van der Waals surface area contributed by atoms with E-state index < -0.39 is 42.7 Å². The van der Waals surface area contributed by atoms with Gasteiger partial charge < -0.3 is 45.9 Å². The van der Waals surface area contributed by atoms with Crippen LogP contribution in [0.2, 0.25) is 0 Å². The molecule has 5 fully saturated rings. The molecule has 0 bridgehead atoms. The summed E-state index contributed by atoms with van der Waals surface area (Å²) < 4.78 is 123. The van der Waals surface area contributed by atoms with Crippen molar-refractivity contribution in [3.8, 4) is 11.5 Å². The van der Waals surface area contributed by atoms with Gasteiger partial charge in [0.25, 0.3) is 0 Å². The lowest BCUT2D eigenvalue weighted by Gasteiger charge is -2.37. The van der Waals surface area contributed by atoms with Gasteiger partial charge in [0.15, 0.2) is 29.0 Å². The van der Waals surface area contributed by atoms with Crippen molar-refractivity contribution in [2.45, 2.75) is 87.9 Å². The Hall–Kier alpha value is -8.81. The highest BCUT2D eigenvalue weighted by Gasteiger charge is 2.37. The first-order valence-corrected chi connectivity index (χ1v) is 31.6. The number of nitrogen functional groups attached to an aromatic ring is 1. The Kier molecular flexibility index (Phi) is 20.8. The molecule has 0 radical (unpaired) electrons. The molecule has 0 unspecified atom stereocenters. The second-order valence-corrected chi connectivity index (χ2v) is 25.1. The molecule has 2 aromatic carbocycles. The molecule has 5 atom stereocenters. The van der Waals surface area contributed by atoms with Gasteiger partial charge in [-0.15, -0.1) is 87.5 Å². The molecule has 37 heteroatoms. The number of ketones is 2. The molecule has 0 spiro atoms. The maximum Gasteiger partial charge on any atom is 0.573 e. The van der Waals surface area contributed by atoms with Gasteiger partial charge >= 0.3 is 12.7 Å². The molecule has 13 rings (SSSR count). The van der Waals surface area contributed by atoms with Crippen LogP contribution in [0.5, 0.6) is 11.5 Å².